The zero-order chi connectivity index (χ0) is 26.8. The van der Waals surface area contributed by atoms with Crippen LogP contribution in [-0.2, 0) is 16.0 Å². The fourth-order valence-electron chi connectivity index (χ4n) is 6.25. The molecule has 0 aliphatic heterocycles. The Morgan fingerprint density at radius 1 is 1.14 bits per heavy atom. The normalized spacial score (nSPS) is 27.1. The largest absolute Gasteiger partial charge is 0.510 e. The molecule has 8 nitrogen and oxygen atoms in total. The number of amides is 1. The zero-order valence-electron chi connectivity index (χ0n) is 20.6. The molecule has 0 bridgehead atoms. The highest BCUT2D eigenvalue weighted by Crippen LogP contribution is 2.58. The first-order valence-electron chi connectivity index (χ1n) is 11.9. The molecule has 5 rings (SSSR count). The van der Waals surface area contributed by atoms with Crippen LogP contribution in [0.15, 0.2) is 65.1 Å². The third kappa shape index (κ3) is 3.48. The lowest BCUT2D eigenvalue weighted by atomic mass is 9.54. The van der Waals surface area contributed by atoms with E-state index in [9.17, 15) is 29.0 Å². The molecule has 37 heavy (non-hydrogen) atoms. The second kappa shape index (κ2) is 8.55. The number of carbonyl (C=O) groups excluding carboxylic acids is 3. The molecule has 0 radical (unpaired) electrons. The molecule has 4 N–H and O–H groups in total. The van der Waals surface area contributed by atoms with Crippen molar-refractivity contribution in [3.8, 4) is 11.5 Å². The highest BCUT2D eigenvalue weighted by Gasteiger charge is 2.61. The number of Topliss-reactive ketones (excluding diaryl/α,β-unsaturated/α-hetero) is 2. The summed E-state index contributed by atoms with van der Waals surface area (Å²) in [5, 5.41) is 22.0. The number of benzene rings is 2. The molecule has 0 spiro atoms. The minimum absolute atomic E-state index is 0.0508. The highest BCUT2D eigenvalue weighted by atomic mass is 19.1. The smallest absolute Gasteiger partial charge is 0.255 e. The van der Waals surface area contributed by atoms with Crippen LogP contribution in [0.2, 0.25) is 0 Å². The Kier molecular flexibility index (Phi) is 5.71. The molecule has 0 heterocycles. The van der Waals surface area contributed by atoms with Gasteiger partial charge in [-0.1, -0.05) is 18.2 Å². The summed E-state index contributed by atoms with van der Waals surface area (Å²) < 4.78 is 21.2. The molecule has 0 unspecified atom stereocenters. The van der Waals surface area contributed by atoms with Gasteiger partial charge in [0, 0.05) is 17.1 Å². The molecule has 2 aromatic carbocycles. The van der Waals surface area contributed by atoms with Gasteiger partial charge >= 0.3 is 0 Å². The molecule has 0 saturated carbocycles. The minimum atomic E-state index is -1.50. The number of aliphatic hydroxyl groups excluding tert-OH is 1. The number of aromatic hydroxyl groups is 1. The number of rotatable bonds is 4. The fraction of sp³-hybridized carbons (Fsp3) is 0.321. The summed E-state index contributed by atoms with van der Waals surface area (Å²) in [7, 11) is 3.36. The van der Waals surface area contributed by atoms with Gasteiger partial charge < -0.3 is 20.7 Å². The van der Waals surface area contributed by atoms with E-state index in [1.165, 1.54) is 0 Å². The van der Waals surface area contributed by atoms with Gasteiger partial charge in [-0.3, -0.25) is 19.3 Å². The number of ketones is 2. The van der Waals surface area contributed by atoms with E-state index in [-0.39, 0.29) is 41.1 Å². The van der Waals surface area contributed by atoms with Crippen LogP contribution in [-0.4, -0.2) is 52.7 Å². The van der Waals surface area contributed by atoms with Crippen LogP contribution < -0.4 is 10.5 Å². The van der Waals surface area contributed by atoms with E-state index >= 15 is 0 Å². The molecule has 3 aliphatic carbocycles. The first-order chi connectivity index (χ1) is 17.5. The topological polar surface area (TPSA) is 130 Å². The highest BCUT2D eigenvalue weighted by molar-refractivity contribution is 6.22. The number of primary amides is 1. The fourth-order valence-corrected chi connectivity index (χ4v) is 6.25. The summed E-state index contributed by atoms with van der Waals surface area (Å²) in [6.45, 7) is 1.62. The molecule has 4 atom stereocenters. The first kappa shape index (κ1) is 24.7. The van der Waals surface area contributed by atoms with Gasteiger partial charge in [-0.05, 0) is 64.0 Å². The number of hydrogen-bond acceptors (Lipinski definition) is 7. The van der Waals surface area contributed by atoms with Gasteiger partial charge in [0.1, 0.15) is 34.4 Å². The molecular weight excluding hydrogens is 479 g/mol. The van der Waals surface area contributed by atoms with Crippen LogP contribution in [0.25, 0.3) is 0 Å². The predicted octanol–water partition coefficient (Wildman–Crippen LogP) is 3.06. The number of allylic oxidation sites excluding steroid dienone is 1. The van der Waals surface area contributed by atoms with Gasteiger partial charge in [-0.2, -0.15) is 0 Å². The Hall–Kier alpha value is -3.98. The first-order valence-corrected chi connectivity index (χ1v) is 11.9. The third-order valence-electron chi connectivity index (χ3n) is 7.95. The number of ether oxygens (including phenoxy) is 1. The molecule has 9 heteroatoms. The number of para-hydroxylation sites is 1. The van der Waals surface area contributed by atoms with Crippen molar-refractivity contribution >= 4 is 17.5 Å². The van der Waals surface area contributed by atoms with E-state index in [0.717, 1.165) is 12.1 Å². The number of aliphatic hydroxyl groups is 1. The van der Waals surface area contributed by atoms with E-state index < -0.39 is 57.9 Å². The van der Waals surface area contributed by atoms with Crippen LogP contribution in [0.1, 0.15) is 29.3 Å². The second-order valence-corrected chi connectivity index (χ2v) is 10.2. The number of fused-ring (bicyclic) bond motifs is 3. The van der Waals surface area contributed by atoms with Gasteiger partial charge in [0.05, 0.1) is 17.0 Å². The standard InChI is InChI=1S/C28H27FN2O6/c1-28-16(22(31(2)3)24(34)21(25(28)35)27(30)36)12-13-11-15-17(29)9-10-18(32)20(15)23(33)19(13)26(28)37-14-7-5-4-6-8-14/h4-10,13,16,22,32,35H,11-12H2,1-3H3,(H2,30,36)/t13-,16-,22-,28-/m0/s1. The molecule has 0 aromatic heterocycles. The van der Waals surface area contributed by atoms with Gasteiger partial charge in [-0.25, -0.2) is 4.39 Å². The van der Waals surface area contributed by atoms with Crippen LogP contribution >= 0.6 is 0 Å². The van der Waals surface area contributed by atoms with Crippen molar-refractivity contribution in [1.29, 1.82) is 0 Å². The minimum Gasteiger partial charge on any atom is -0.510 e. The van der Waals surface area contributed by atoms with Crippen molar-refractivity contribution in [3.63, 3.8) is 0 Å². The van der Waals surface area contributed by atoms with Crippen molar-refractivity contribution in [2.75, 3.05) is 14.1 Å². The predicted molar refractivity (Wildman–Crippen MR) is 131 cm³/mol. The summed E-state index contributed by atoms with van der Waals surface area (Å²) in [6, 6.07) is 9.96. The van der Waals surface area contributed by atoms with Crippen molar-refractivity contribution in [2.24, 2.45) is 23.0 Å². The SMILES string of the molecule is CN(C)[C@@H]1C(=O)C(C(N)=O)=C(O)[C@@]2(C)C(Oc3ccccc3)=C3C(=O)c4c(O)ccc(F)c4C[C@H]3C[C@@H]12. The van der Waals surface area contributed by atoms with E-state index in [1.54, 1.807) is 56.3 Å². The van der Waals surface area contributed by atoms with Crippen molar-refractivity contribution in [1.82, 2.24) is 4.90 Å². The molecule has 3 aliphatic rings. The van der Waals surface area contributed by atoms with Gasteiger partial charge in [0.2, 0.25) is 0 Å². The second-order valence-electron chi connectivity index (χ2n) is 10.2. The number of halogens is 1. The summed E-state index contributed by atoms with van der Waals surface area (Å²) >= 11 is 0. The Bertz CT molecular complexity index is 1410. The Balaban J connectivity index is 1.85. The van der Waals surface area contributed by atoms with E-state index in [2.05, 4.69) is 0 Å². The Morgan fingerprint density at radius 2 is 1.81 bits per heavy atom. The zero-order valence-corrected chi connectivity index (χ0v) is 20.6. The lowest BCUT2D eigenvalue weighted by molar-refractivity contribution is -0.129. The molecule has 1 amide bonds. The Labute approximate surface area is 212 Å². The Morgan fingerprint density at radius 3 is 2.43 bits per heavy atom. The van der Waals surface area contributed by atoms with E-state index in [4.69, 9.17) is 10.5 Å². The lowest BCUT2D eigenvalue weighted by Gasteiger charge is -2.52. The number of likely N-dealkylation sites (N-methyl/N-ethyl adjacent to an activating group) is 1. The molecule has 0 saturated heterocycles. The monoisotopic (exact) mass is 506 g/mol. The average molecular weight is 507 g/mol. The maximum atomic E-state index is 14.8. The van der Waals surface area contributed by atoms with Crippen LogP contribution in [0.3, 0.4) is 0 Å². The van der Waals surface area contributed by atoms with E-state index in [1.807, 2.05) is 0 Å². The summed E-state index contributed by atoms with van der Waals surface area (Å²) in [6.07, 6.45) is 0.310. The molecular formula is C28H27FN2O6. The van der Waals surface area contributed by atoms with Gasteiger partial charge in [0.25, 0.3) is 5.91 Å². The number of carbonyl (C=O) groups is 3. The maximum Gasteiger partial charge on any atom is 0.255 e. The van der Waals surface area contributed by atoms with Crippen molar-refractivity contribution < 1.29 is 33.7 Å². The van der Waals surface area contributed by atoms with Gasteiger partial charge in [-0.15, -0.1) is 0 Å². The van der Waals surface area contributed by atoms with E-state index in [0.29, 0.717) is 5.75 Å². The summed E-state index contributed by atoms with van der Waals surface area (Å²) in [4.78, 5) is 41.4. The van der Waals surface area contributed by atoms with Crippen molar-refractivity contribution in [2.45, 2.75) is 25.8 Å². The maximum absolute atomic E-state index is 14.8. The number of phenolic OH excluding ortho intramolecular Hbond substituents is 1. The van der Waals surface area contributed by atoms with Crippen LogP contribution in [0.4, 0.5) is 4.39 Å². The van der Waals surface area contributed by atoms with Gasteiger partial charge in [0.15, 0.2) is 11.6 Å². The van der Waals surface area contributed by atoms with Crippen LogP contribution in [0, 0.1) is 23.1 Å². The van der Waals surface area contributed by atoms with Crippen LogP contribution in [0.5, 0.6) is 11.5 Å². The summed E-state index contributed by atoms with van der Waals surface area (Å²) in [5.74, 6) is -4.65. The van der Waals surface area contributed by atoms with Crippen molar-refractivity contribution in [3.05, 3.63) is 82.1 Å². The number of hydrogen-bond donors (Lipinski definition) is 3. The summed E-state index contributed by atoms with van der Waals surface area (Å²) in [5.41, 5.74) is 3.63. The average Bonchev–Trinajstić information content (AvgIpc) is 2.83. The third-order valence-corrected chi connectivity index (χ3v) is 7.95. The number of nitrogens with zero attached hydrogens (tertiary/aromatic N) is 1. The molecule has 0 fully saturated rings. The number of nitrogens with two attached hydrogens (primary N) is 1. The lowest BCUT2D eigenvalue weighted by Crippen LogP contribution is -2.59. The quantitative estimate of drug-likeness (QED) is 0.544. The molecule has 2 aromatic rings. The number of phenols is 1. The molecule has 192 valence electrons.